The fourth-order valence-electron chi connectivity index (χ4n) is 4.91. The van der Waals surface area contributed by atoms with Crippen LogP contribution in [0.15, 0.2) is 66.7 Å². The predicted octanol–water partition coefficient (Wildman–Crippen LogP) is 1.65. The van der Waals surface area contributed by atoms with Gasteiger partial charge in [-0.25, -0.2) is 4.79 Å². The van der Waals surface area contributed by atoms with Gasteiger partial charge in [-0.3, -0.25) is 0 Å². The van der Waals surface area contributed by atoms with Gasteiger partial charge < -0.3 is 54.4 Å². The molecule has 6 N–H and O–H groups in total. The van der Waals surface area contributed by atoms with Crippen molar-refractivity contribution < 1.29 is 48.9 Å². The van der Waals surface area contributed by atoms with Crippen LogP contribution in [0.3, 0.4) is 0 Å². The summed E-state index contributed by atoms with van der Waals surface area (Å²) in [5, 5.41) is 45.3. The molecule has 0 amide bonds. The van der Waals surface area contributed by atoms with Gasteiger partial charge in [0.2, 0.25) is 0 Å². The first-order chi connectivity index (χ1) is 20.4. The molecule has 5 rings (SSSR count). The molecule has 0 unspecified atom stereocenters. The molecular weight excluding hydrogens is 548 g/mol. The van der Waals surface area contributed by atoms with Gasteiger partial charge in [0.15, 0.2) is 23.9 Å². The molecule has 224 valence electrons. The highest BCUT2D eigenvalue weighted by atomic mass is 16.7. The normalized spacial score (nSPS) is 23.1. The van der Waals surface area contributed by atoms with Crippen LogP contribution in [0.4, 0.5) is 0 Å². The molecule has 0 radical (unpaired) electrons. The molecule has 1 fully saturated rings. The van der Waals surface area contributed by atoms with Crippen molar-refractivity contribution in [3.8, 4) is 17.2 Å². The maximum atomic E-state index is 11.6. The van der Waals surface area contributed by atoms with Gasteiger partial charge in [-0.1, -0.05) is 36.4 Å². The topological polar surface area (TPSA) is 172 Å². The Labute approximate surface area is 241 Å². The van der Waals surface area contributed by atoms with Crippen molar-refractivity contribution in [3.63, 3.8) is 0 Å². The first kappa shape index (κ1) is 29.6. The lowest BCUT2D eigenvalue weighted by Crippen LogP contribution is -2.61. The molecule has 12 nitrogen and oxygen atoms in total. The van der Waals surface area contributed by atoms with Crippen LogP contribution >= 0.6 is 0 Å². The predicted molar refractivity (Wildman–Crippen MR) is 152 cm³/mol. The van der Waals surface area contributed by atoms with E-state index in [0.29, 0.717) is 30.4 Å². The van der Waals surface area contributed by atoms with Crippen molar-refractivity contribution in [3.05, 3.63) is 66.7 Å². The maximum Gasteiger partial charge on any atom is 0.335 e. The van der Waals surface area contributed by atoms with Crippen molar-refractivity contribution in [1.29, 1.82) is 0 Å². The van der Waals surface area contributed by atoms with Gasteiger partial charge in [0.25, 0.3) is 0 Å². The van der Waals surface area contributed by atoms with E-state index in [4.69, 9.17) is 23.7 Å². The van der Waals surface area contributed by atoms with E-state index < -0.39 is 42.8 Å². The highest BCUT2D eigenvalue weighted by Crippen LogP contribution is 2.33. The van der Waals surface area contributed by atoms with Gasteiger partial charge in [0, 0.05) is 29.4 Å². The Morgan fingerprint density at radius 1 is 0.905 bits per heavy atom. The summed E-state index contributed by atoms with van der Waals surface area (Å²) in [6, 6.07) is 20.8. The number of aliphatic hydroxyl groups excluding tert-OH is 3. The first-order valence-corrected chi connectivity index (χ1v) is 13.5. The number of fused-ring (bicyclic) bond motifs is 3. The maximum absolute atomic E-state index is 11.6. The number of ether oxygens (including phenoxy) is 5. The monoisotopic (exact) mass is 582 g/mol. The number of aromatic amines is 1. The second-order valence-corrected chi connectivity index (χ2v) is 9.86. The molecule has 0 aliphatic carbocycles. The summed E-state index contributed by atoms with van der Waals surface area (Å²) in [7, 11) is 1.56. The number of para-hydroxylation sites is 3. The summed E-state index contributed by atoms with van der Waals surface area (Å²) < 4.78 is 28.6. The quantitative estimate of drug-likeness (QED) is 0.127. The average Bonchev–Trinajstić information content (AvgIpc) is 3.39. The summed E-state index contributed by atoms with van der Waals surface area (Å²) >= 11 is 0. The van der Waals surface area contributed by atoms with Gasteiger partial charge in [-0.05, 0) is 30.3 Å². The van der Waals surface area contributed by atoms with Crippen molar-refractivity contribution in [2.45, 2.75) is 36.8 Å². The van der Waals surface area contributed by atoms with E-state index in [1.165, 1.54) is 0 Å². The number of hydrogen-bond acceptors (Lipinski definition) is 10. The molecule has 0 spiro atoms. The van der Waals surface area contributed by atoms with Crippen molar-refractivity contribution in [2.24, 2.45) is 0 Å². The number of carboxylic acid groups (broad SMARTS) is 1. The van der Waals surface area contributed by atoms with Gasteiger partial charge in [-0.2, -0.15) is 0 Å². The molecule has 4 aromatic rings. The lowest BCUT2D eigenvalue weighted by atomic mass is 9.99. The summed E-state index contributed by atoms with van der Waals surface area (Å²) in [6.07, 6.45) is -9.38. The summed E-state index contributed by atoms with van der Waals surface area (Å²) in [5.74, 6) is 0.306. The lowest BCUT2D eigenvalue weighted by molar-refractivity contribution is -0.305. The van der Waals surface area contributed by atoms with Crippen LogP contribution in [0, 0.1) is 0 Å². The number of carbonyl (C=O) groups is 1. The SMILES string of the molecule is COc1ccccc1OCCNC[C@@H](COc1cccc2[nH]c3ccccc3c12)O[C@H]1O[C@H](C(=O)O)[C@@H](O)[C@H](O)[C@H]1O. The average molecular weight is 583 g/mol. The van der Waals surface area contributed by atoms with E-state index in [0.717, 1.165) is 21.8 Å². The Morgan fingerprint density at radius 3 is 2.40 bits per heavy atom. The molecule has 1 saturated heterocycles. The third-order valence-electron chi connectivity index (χ3n) is 7.03. The standard InChI is InChI=1S/C30H34N2O10/c1-38-21-10-4-5-11-22(21)39-14-13-31-15-17(41-30-27(35)25(33)26(34)28(42-30)29(36)37)16-40-23-12-6-9-20-24(23)18-7-2-3-8-19(18)32-20/h2-12,17,25-28,30-35H,13-16H2,1H3,(H,36,37)/t17-,25-,26-,27+,28-,30-/m0/s1. The Hall–Kier alpha value is -3.91. The number of hydrogen-bond donors (Lipinski definition) is 6. The molecule has 0 bridgehead atoms. The Kier molecular flexibility index (Phi) is 9.42. The zero-order valence-corrected chi connectivity index (χ0v) is 22.9. The minimum absolute atomic E-state index is 0.0120. The molecule has 1 aromatic heterocycles. The van der Waals surface area contributed by atoms with Crippen LogP contribution in [0.25, 0.3) is 21.8 Å². The Bertz CT molecular complexity index is 1490. The summed E-state index contributed by atoms with van der Waals surface area (Å²) in [5.41, 5.74) is 1.85. The van der Waals surface area contributed by atoms with Gasteiger partial charge >= 0.3 is 5.97 Å². The van der Waals surface area contributed by atoms with E-state index in [2.05, 4.69) is 10.3 Å². The third kappa shape index (κ3) is 6.44. The largest absolute Gasteiger partial charge is 0.493 e. The zero-order valence-electron chi connectivity index (χ0n) is 22.9. The van der Waals surface area contributed by atoms with Crippen molar-refractivity contribution >= 4 is 27.8 Å². The smallest absolute Gasteiger partial charge is 0.335 e. The molecule has 1 aliphatic heterocycles. The van der Waals surface area contributed by atoms with Crippen LogP contribution in [-0.4, -0.2) is 102 Å². The third-order valence-corrected chi connectivity index (χ3v) is 7.03. The summed E-state index contributed by atoms with van der Waals surface area (Å²) in [6.45, 7) is 0.893. The van der Waals surface area contributed by atoms with Gasteiger partial charge in [-0.15, -0.1) is 0 Å². The molecule has 3 aromatic carbocycles. The number of nitrogens with one attached hydrogen (secondary N) is 2. The van der Waals surface area contributed by atoms with E-state index in [-0.39, 0.29) is 13.2 Å². The van der Waals surface area contributed by atoms with E-state index >= 15 is 0 Å². The fourth-order valence-corrected chi connectivity index (χ4v) is 4.91. The highest BCUT2D eigenvalue weighted by molar-refractivity contribution is 6.10. The number of H-pyrrole nitrogens is 1. The highest BCUT2D eigenvalue weighted by Gasteiger charge is 2.48. The molecule has 6 atom stereocenters. The zero-order chi connectivity index (χ0) is 29.6. The van der Waals surface area contributed by atoms with Crippen LogP contribution < -0.4 is 19.5 Å². The number of carboxylic acids is 1. The number of benzene rings is 3. The molecule has 42 heavy (non-hydrogen) atoms. The number of aromatic nitrogens is 1. The molecule has 0 saturated carbocycles. The Balaban J connectivity index is 1.28. The minimum atomic E-state index is -1.82. The first-order valence-electron chi connectivity index (χ1n) is 13.5. The molecule has 12 heteroatoms. The number of aliphatic hydroxyl groups is 3. The summed E-state index contributed by atoms with van der Waals surface area (Å²) in [4.78, 5) is 14.9. The molecule has 2 heterocycles. The van der Waals surface area contributed by atoms with Crippen LogP contribution in [-0.2, 0) is 14.3 Å². The number of rotatable bonds is 13. The van der Waals surface area contributed by atoms with Crippen molar-refractivity contribution in [2.75, 3.05) is 33.4 Å². The van der Waals surface area contributed by atoms with E-state index in [1.54, 1.807) is 19.2 Å². The lowest BCUT2D eigenvalue weighted by Gasteiger charge is -2.39. The second-order valence-electron chi connectivity index (χ2n) is 9.86. The minimum Gasteiger partial charge on any atom is -0.493 e. The second kappa shape index (κ2) is 13.4. The number of methoxy groups -OCH3 is 1. The van der Waals surface area contributed by atoms with Gasteiger partial charge in [0.05, 0.1) is 12.6 Å². The molecule has 1 aliphatic rings. The van der Waals surface area contributed by atoms with Crippen molar-refractivity contribution in [1.82, 2.24) is 10.3 Å². The van der Waals surface area contributed by atoms with Crippen LogP contribution in [0.5, 0.6) is 17.2 Å². The fraction of sp³-hybridized carbons (Fsp3) is 0.367. The van der Waals surface area contributed by atoms with Gasteiger partial charge in [0.1, 0.15) is 43.4 Å². The number of aliphatic carboxylic acids is 1. The van der Waals surface area contributed by atoms with Crippen LogP contribution in [0.2, 0.25) is 0 Å². The van der Waals surface area contributed by atoms with E-state index in [1.807, 2.05) is 54.6 Å². The Morgan fingerprint density at radius 2 is 1.62 bits per heavy atom. The molecular formula is C30H34N2O10. The van der Waals surface area contributed by atoms with Crippen LogP contribution in [0.1, 0.15) is 0 Å². The van der Waals surface area contributed by atoms with E-state index in [9.17, 15) is 25.2 Å².